The fourth-order valence-corrected chi connectivity index (χ4v) is 1.53. The molecule has 14 heavy (non-hydrogen) atoms. The first-order chi connectivity index (χ1) is 6.55. The Bertz CT molecular complexity index is 398. The van der Waals surface area contributed by atoms with Gasteiger partial charge in [0.25, 0.3) is 0 Å². The summed E-state index contributed by atoms with van der Waals surface area (Å²) in [5.74, 6) is 1.43. The van der Waals surface area contributed by atoms with Gasteiger partial charge in [0, 0.05) is 18.2 Å². The summed E-state index contributed by atoms with van der Waals surface area (Å²) in [4.78, 5) is 20.0. The van der Waals surface area contributed by atoms with E-state index >= 15 is 0 Å². The van der Waals surface area contributed by atoms with Crippen LogP contribution in [0.1, 0.15) is 32.2 Å². The van der Waals surface area contributed by atoms with Crippen molar-refractivity contribution in [2.75, 3.05) is 5.32 Å². The lowest BCUT2D eigenvalue weighted by Crippen LogP contribution is -2.26. The number of aromatic nitrogens is 2. The Hall–Kier alpha value is -1.45. The van der Waals surface area contributed by atoms with Crippen molar-refractivity contribution in [1.29, 1.82) is 0 Å². The van der Waals surface area contributed by atoms with Crippen molar-refractivity contribution in [3.63, 3.8) is 0 Å². The summed E-state index contributed by atoms with van der Waals surface area (Å²) in [6, 6.07) is 0. The molecule has 74 valence electrons. The molecule has 2 heterocycles. The van der Waals surface area contributed by atoms with Crippen molar-refractivity contribution in [2.45, 2.75) is 32.6 Å². The van der Waals surface area contributed by atoms with Gasteiger partial charge in [0.05, 0.1) is 5.41 Å². The van der Waals surface area contributed by atoms with Crippen LogP contribution in [-0.4, -0.2) is 15.9 Å². The molecule has 0 unspecified atom stereocenters. The van der Waals surface area contributed by atoms with Gasteiger partial charge in [-0.15, -0.1) is 0 Å². The number of amides is 1. The summed E-state index contributed by atoms with van der Waals surface area (Å²) in [6.07, 6.45) is 2.53. The van der Waals surface area contributed by atoms with Crippen LogP contribution in [0, 0.1) is 0 Å². The SMILES string of the molecule is CCc1ncc2c(n1)NC(=O)C2(C)C. The van der Waals surface area contributed by atoms with E-state index in [1.54, 1.807) is 6.20 Å². The van der Waals surface area contributed by atoms with E-state index in [1.165, 1.54) is 0 Å². The lowest BCUT2D eigenvalue weighted by molar-refractivity contribution is -0.119. The second-order valence-electron chi connectivity index (χ2n) is 3.98. The number of anilines is 1. The molecule has 2 rings (SSSR count). The van der Waals surface area contributed by atoms with E-state index in [9.17, 15) is 4.79 Å². The first-order valence-corrected chi connectivity index (χ1v) is 4.73. The molecule has 0 aliphatic carbocycles. The topological polar surface area (TPSA) is 54.9 Å². The van der Waals surface area contributed by atoms with E-state index < -0.39 is 5.41 Å². The number of hydrogen-bond acceptors (Lipinski definition) is 3. The van der Waals surface area contributed by atoms with Gasteiger partial charge in [-0.25, -0.2) is 9.97 Å². The molecule has 0 aromatic carbocycles. The van der Waals surface area contributed by atoms with Crippen molar-refractivity contribution in [1.82, 2.24) is 9.97 Å². The molecule has 0 radical (unpaired) electrons. The Morgan fingerprint density at radius 3 is 2.86 bits per heavy atom. The number of rotatable bonds is 1. The van der Waals surface area contributed by atoms with E-state index in [2.05, 4.69) is 15.3 Å². The molecular formula is C10H13N3O. The third-order valence-corrected chi connectivity index (χ3v) is 2.63. The number of carbonyl (C=O) groups excluding carboxylic acids is 1. The molecule has 0 saturated carbocycles. The third-order valence-electron chi connectivity index (χ3n) is 2.63. The Morgan fingerprint density at radius 1 is 1.50 bits per heavy atom. The van der Waals surface area contributed by atoms with Crippen molar-refractivity contribution in [2.24, 2.45) is 0 Å². The number of aryl methyl sites for hydroxylation is 1. The number of hydrogen-bond donors (Lipinski definition) is 1. The maximum atomic E-state index is 11.6. The second-order valence-corrected chi connectivity index (χ2v) is 3.98. The first-order valence-electron chi connectivity index (χ1n) is 4.73. The zero-order valence-corrected chi connectivity index (χ0v) is 8.59. The molecule has 0 saturated heterocycles. The number of nitrogens with zero attached hydrogens (tertiary/aromatic N) is 2. The highest BCUT2D eigenvalue weighted by Crippen LogP contribution is 2.35. The minimum absolute atomic E-state index is 0.00458. The zero-order valence-electron chi connectivity index (χ0n) is 8.59. The van der Waals surface area contributed by atoms with Crippen LogP contribution < -0.4 is 5.32 Å². The average molecular weight is 191 g/mol. The Morgan fingerprint density at radius 2 is 2.21 bits per heavy atom. The highest BCUT2D eigenvalue weighted by molar-refractivity contribution is 6.04. The van der Waals surface area contributed by atoms with E-state index in [-0.39, 0.29) is 5.91 Å². The normalized spacial score (nSPS) is 17.8. The van der Waals surface area contributed by atoms with E-state index in [0.29, 0.717) is 5.82 Å². The Kier molecular flexibility index (Phi) is 1.80. The molecule has 0 spiro atoms. The standard InChI is InChI=1S/C10H13N3O/c1-4-7-11-5-6-8(12-7)13-9(14)10(6,2)3/h5H,4H2,1-3H3,(H,11,12,13,14). The predicted molar refractivity (Wildman–Crippen MR) is 53.1 cm³/mol. The van der Waals surface area contributed by atoms with Crippen molar-refractivity contribution >= 4 is 11.7 Å². The largest absolute Gasteiger partial charge is 0.310 e. The van der Waals surface area contributed by atoms with Crippen LogP contribution in [-0.2, 0) is 16.6 Å². The monoisotopic (exact) mass is 191 g/mol. The predicted octanol–water partition coefficient (Wildman–Crippen LogP) is 1.27. The fourth-order valence-electron chi connectivity index (χ4n) is 1.53. The van der Waals surface area contributed by atoms with Crippen LogP contribution in [0.2, 0.25) is 0 Å². The number of fused-ring (bicyclic) bond motifs is 1. The highest BCUT2D eigenvalue weighted by atomic mass is 16.2. The molecule has 0 fully saturated rings. The lowest BCUT2D eigenvalue weighted by atomic mass is 9.88. The van der Waals surface area contributed by atoms with Crippen LogP contribution in [0.25, 0.3) is 0 Å². The van der Waals surface area contributed by atoms with Crippen LogP contribution in [0.4, 0.5) is 5.82 Å². The lowest BCUT2D eigenvalue weighted by Gasteiger charge is -2.13. The molecule has 4 heteroatoms. The molecule has 1 aromatic rings. The average Bonchev–Trinajstić information content (AvgIpc) is 2.38. The fraction of sp³-hybridized carbons (Fsp3) is 0.500. The van der Waals surface area contributed by atoms with Crippen molar-refractivity contribution in [3.8, 4) is 0 Å². The summed E-state index contributed by atoms with van der Waals surface area (Å²) in [5.41, 5.74) is 0.390. The maximum Gasteiger partial charge on any atom is 0.235 e. The van der Waals surface area contributed by atoms with E-state index in [0.717, 1.165) is 17.8 Å². The Labute approximate surface area is 82.8 Å². The molecule has 0 atom stereocenters. The van der Waals surface area contributed by atoms with Gasteiger partial charge in [-0.2, -0.15) is 0 Å². The van der Waals surface area contributed by atoms with Gasteiger partial charge in [-0.05, 0) is 13.8 Å². The molecule has 0 bridgehead atoms. The zero-order chi connectivity index (χ0) is 10.3. The van der Waals surface area contributed by atoms with Gasteiger partial charge < -0.3 is 5.32 Å². The minimum Gasteiger partial charge on any atom is -0.310 e. The quantitative estimate of drug-likeness (QED) is 0.727. The summed E-state index contributed by atoms with van der Waals surface area (Å²) in [5, 5.41) is 2.77. The van der Waals surface area contributed by atoms with E-state index in [4.69, 9.17) is 0 Å². The Balaban J connectivity index is 2.54. The molecule has 1 N–H and O–H groups in total. The van der Waals surface area contributed by atoms with Gasteiger partial charge in [-0.1, -0.05) is 6.92 Å². The second kappa shape index (κ2) is 2.77. The summed E-state index contributed by atoms with van der Waals surface area (Å²) in [7, 11) is 0. The van der Waals surface area contributed by atoms with Crippen molar-refractivity contribution < 1.29 is 4.79 Å². The van der Waals surface area contributed by atoms with Crippen LogP contribution >= 0.6 is 0 Å². The highest BCUT2D eigenvalue weighted by Gasteiger charge is 2.39. The van der Waals surface area contributed by atoms with Gasteiger partial charge in [0.2, 0.25) is 5.91 Å². The van der Waals surface area contributed by atoms with Gasteiger partial charge in [0.1, 0.15) is 11.6 Å². The van der Waals surface area contributed by atoms with Gasteiger partial charge in [0.15, 0.2) is 0 Å². The molecule has 1 aliphatic rings. The van der Waals surface area contributed by atoms with Crippen LogP contribution in [0.3, 0.4) is 0 Å². The number of nitrogens with one attached hydrogen (secondary N) is 1. The smallest absolute Gasteiger partial charge is 0.235 e. The third kappa shape index (κ3) is 1.10. The summed E-state index contributed by atoms with van der Waals surface area (Å²) in [6.45, 7) is 5.75. The minimum atomic E-state index is -0.498. The van der Waals surface area contributed by atoms with E-state index in [1.807, 2.05) is 20.8 Å². The molecule has 1 amide bonds. The molecular weight excluding hydrogens is 178 g/mol. The number of carbonyl (C=O) groups is 1. The van der Waals surface area contributed by atoms with Gasteiger partial charge >= 0.3 is 0 Å². The van der Waals surface area contributed by atoms with Crippen molar-refractivity contribution in [3.05, 3.63) is 17.6 Å². The molecule has 1 aliphatic heterocycles. The van der Waals surface area contributed by atoms with Crippen LogP contribution in [0.15, 0.2) is 6.20 Å². The summed E-state index contributed by atoms with van der Waals surface area (Å²) >= 11 is 0. The first kappa shape index (κ1) is 9.12. The molecule has 4 nitrogen and oxygen atoms in total. The molecule has 1 aromatic heterocycles. The maximum absolute atomic E-state index is 11.6. The van der Waals surface area contributed by atoms with Gasteiger partial charge in [-0.3, -0.25) is 4.79 Å². The summed E-state index contributed by atoms with van der Waals surface area (Å²) < 4.78 is 0. The van der Waals surface area contributed by atoms with Crippen LogP contribution in [0.5, 0.6) is 0 Å².